The number of aromatic hydroxyl groups is 1. The number of phenols is 1. The predicted molar refractivity (Wildman–Crippen MR) is 72.9 cm³/mol. The van der Waals surface area contributed by atoms with Crippen LogP contribution < -0.4 is 0 Å². The zero-order valence-corrected chi connectivity index (χ0v) is 11.2. The van der Waals surface area contributed by atoms with E-state index < -0.39 is 5.97 Å². The van der Waals surface area contributed by atoms with E-state index in [-0.39, 0.29) is 11.3 Å². The van der Waals surface area contributed by atoms with Crippen LogP contribution in [0, 0.1) is 6.92 Å². The molecule has 92 valence electrons. The lowest BCUT2D eigenvalue weighted by molar-refractivity contribution is 0.0697. The number of benzene rings is 2. The first kappa shape index (κ1) is 12.6. The molecule has 4 heteroatoms. The fourth-order valence-electron chi connectivity index (χ4n) is 1.96. The molecule has 2 aromatic carbocycles. The molecular formula is C14H11BrO3. The number of phenolic OH excluding ortho intramolecular Hbond substituents is 1. The summed E-state index contributed by atoms with van der Waals surface area (Å²) in [5.41, 5.74) is 2.26. The highest BCUT2D eigenvalue weighted by molar-refractivity contribution is 9.10. The minimum absolute atomic E-state index is 0.0383. The van der Waals surface area contributed by atoms with Crippen molar-refractivity contribution in [1.29, 1.82) is 0 Å². The topological polar surface area (TPSA) is 57.5 Å². The Kier molecular flexibility index (Phi) is 3.39. The van der Waals surface area contributed by atoms with Gasteiger partial charge in [0.2, 0.25) is 0 Å². The highest BCUT2D eigenvalue weighted by Crippen LogP contribution is 2.32. The van der Waals surface area contributed by atoms with Crippen molar-refractivity contribution in [3.8, 4) is 16.9 Å². The van der Waals surface area contributed by atoms with E-state index in [4.69, 9.17) is 0 Å². The fourth-order valence-corrected chi connectivity index (χ4v) is 2.36. The van der Waals surface area contributed by atoms with Gasteiger partial charge < -0.3 is 10.2 Å². The molecule has 0 spiro atoms. The largest absolute Gasteiger partial charge is 0.508 e. The standard InChI is InChI=1S/C14H11BrO3/c1-8-5-11(16)7-12(14(17)18)13(8)9-3-2-4-10(15)6-9/h2-7,16H,1H3,(H,17,18). The normalized spacial score (nSPS) is 10.3. The second-order valence-corrected chi connectivity index (χ2v) is 4.92. The number of carboxylic acids is 1. The Morgan fingerprint density at radius 3 is 2.56 bits per heavy atom. The van der Waals surface area contributed by atoms with Crippen molar-refractivity contribution >= 4 is 21.9 Å². The molecule has 2 N–H and O–H groups in total. The van der Waals surface area contributed by atoms with Gasteiger partial charge in [0, 0.05) is 4.47 Å². The molecule has 0 amide bonds. The smallest absolute Gasteiger partial charge is 0.336 e. The Bertz CT molecular complexity index is 620. The molecule has 0 fully saturated rings. The van der Waals surface area contributed by atoms with Gasteiger partial charge in [-0.15, -0.1) is 0 Å². The van der Waals surface area contributed by atoms with E-state index in [1.807, 2.05) is 24.3 Å². The van der Waals surface area contributed by atoms with E-state index >= 15 is 0 Å². The number of halogens is 1. The third-order valence-corrected chi connectivity index (χ3v) is 3.16. The minimum atomic E-state index is -1.05. The first-order valence-electron chi connectivity index (χ1n) is 5.32. The summed E-state index contributed by atoms with van der Waals surface area (Å²) in [5.74, 6) is -1.09. The van der Waals surface area contributed by atoms with E-state index in [1.165, 1.54) is 6.07 Å². The quantitative estimate of drug-likeness (QED) is 0.886. The highest BCUT2D eigenvalue weighted by Gasteiger charge is 2.15. The van der Waals surface area contributed by atoms with Gasteiger partial charge >= 0.3 is 5.97 Å². The van der Waals surface area contributed by atoms with Crippen LogP contribution in [0.25, 0.3) is 11.1 Å². The summed E-state index contributed by atoms with van der Waals surface area (Å²) < 4.78 is 0.879. The van der Waals surface area contributed by atoms with Crippen molar-refractivity contribution in [2.45, 2.75) is 6.92 Å². The third-order valence-electron chi connectivity index (χ3n) is 2.66. The summed E-state index contributed by atoms with van der Waals surface area (Å²) in [6.45, 7) is 1.78. The molecule has 0 aliphatic rings. The van der Waals surface area contributed by atoms with Gasteiger partial charge in [0.1, 0.15) is 5.75 Å². The van der Waals surface area contributed by atoms with E-state index in [2.05, 4.69) is 15.9 Å². The Hall–Kier alpha value is -1.81. The highest BCUT2D eigenvalue weighted by atomic mass is 79.9. The van der Waals surface area contributed by atoms with Crippen molar-refractivity contribution in [2.75, 3.05) is 0 Å². The van der Waals surface area contributed by atoms with Gasteiger partial charge in [-0.3, -0.25) is 0 Å². The lowest BCUT2D eigenvalue weighted by atomic mass is 9.95. The van der Waals surface area contributed by atoms with Gasteiger partial charge in [0.25, 0.3) is 0 Å². The van der Waals surface area contributed by atoms with E-state index in [0.29, 0.717) is 5.56 Å². The Labute approximate surface area is 113 Å². The average molecular weight is 307 g/mol. The van der Waals surface area contributed by atoms with Gasteiger partial charge in [0.05, 0.1) is 5.56 Å². The number of rotatable bonds is 2. The molecule has 0 bridgehead atoms. The van der Waals surface area contributed by atoms with Gasteiger partial charge in [-0.1, -0.05) is 28.1 Å². The van der Waals surface area contributed by atoms with Crippen molar-refractivity contribution in [2.24, 2.45) is 0 Å². The molecule has 0 saturated heterocycles. The van der Waals surface area contributed by atoms with Gasteiger partial charge in [-0.05, 0) is 47.9 Å². The maximum absolute atomic E-state index is 11.3. The van der Waals surface area contributed by atoms with Gasteiger partial charge in [-0.2, -0.15) is 0 Å². The summed E-state index contributed by atoms with van der Waals surface area (Å²) >= 11 is 3.36. The molecule has 3 nitrogen and oxygen atoms in total. The average Bonchev–Trinajstić information content (AvgIpc) is 2.27. The van der Waals surface area contributed by atoms with Gasteiger partial charge in [-0.25, -0.2) is 4.79 Å². The first-order valence-corrected chi connectivity index (χ1v) is 6.11. The minimum Gasteiger partial charge on any atom is -0.508 e. The fraction of sp³-hybridized carbons (Fsp3) is 0.0714. The zero-order chi connectivity index (χ0) is 13.3. The molecule has 2 aromatic rings. The SMILES string of the molecule is Cc1cc(O)cc(C(=O)O)c1-c1cccc(Br)c1. The number of carboxylic acid groups (broad SMARTS) is 1. The van der Waals surface area contributed by atoms with Crippen LogP contribution in [0.5, 0.6) is 5.75 Å². The molecule has 0 unspecified atom stereocenters. The van der Waals surface area contributed by atoms with Crippen molar-refractivity contribution < 1.29 is 15.0 Å². The molecule has 0 aliphatic carbocycles. The molecular weight excluding hydrogens is 296 g/mol. The van der Waals surface area contributed by atoms with E-state index in [1.54, 1.807) is 13.0 Å². The lowest BCUT2D eigenvalue weighted by Gasteiger charge is -2.11. The molecule has 0 aliphatic heterocycles. The van der Waals surface area contributed by atoms with Gasteiger partial charge in [0.15, 0.2) is 0 Å². The molecule has 18 heavy (non-hydrogen) atoms. The Morgan fingerprint density at radius 1 is 1.22 bits per heavy atom. The monoisotopic (exact) mass is 306 g/mol. The van der Waals surface area contributed by atoms with E-state index in [9.17, 15) is 15.0 Å². The summed E-state index contributed by atoms with van der Waals surface area (Å²) in [7, 11) is 0. The second-order valence-electron chi connectivity index (χ2n) is 4.00. The lowest BCUT2D eigenvalue weighted by Crippen LogP contribution is -2.01. The summed E-state index contributed by atoms with van der Waals surface area (Å²) in [4.78, 5) is 11.3. The summed E-state index contributed by atoms with van der Waals surface area (Å²) in [6, 6.07) is 10.2. The molecule has 0 heterocycles. The van der Waals surface area contributed by atoms with Crippen LogP contribution in [0.3, 0.4) is 0 Å². The van der Waals surface area contributed by atoms with Crippen molar-refractivity contribution in [3.63, 3.8) is 0 Å². The number of hydrogen-bond donors (Lipinski definition) is 2. The summed E-state index contributed by atoms with van der Waals surface area (Å²) in [6.07, 6.45) is 0. The Balaban J connectivity index is 2.74. The summed E-state index contributed by atoms with van der Waals surface area (Å²) in [5, 5.41) is 18.7. The molecule has 0 aromatic heterocycles. The van der Waals surface area contributed by atoms with Crippen LogP contribution in [0.2, 0.25) is 0 Å². The Morgan fingerprint density at radius 2 is 1.94 bits per heavy atom. The van der Waals surface area contributed by atoms with Crippen LogP contribution in [0.1, 0.15) is 15.9 Å². The van der Waals surface area contributed by atoms with Crippen LogP contribution >= 0.6 is 15.9 Å². The number of aryl methyl sites for hydroxylation is 1. The maximum Gasteiger partial charge on any atom is 0.336 e. The van der Waals surface area contributed by atoms with Crippen molar-refractivity contribution in [3.05, 3.63) is 52.0 Å². The first-order chi connectivity index (χ1) is 8.49. The van der Waals surface area contributed by atoms with Crippen LogP contribution in [0.15, 0.2) is 40.9 Å². The van der Waals surface area contributed by atoms with E-state index in [0.717, 1.165) is 15.6 Å². The predicted octanol–water partition coefficient (Wildman–Crippen LogP) is 3.83. The number of hydrogen-bond acceptors (Lipinski definition) is 2. The molecule has 0 radical (unpaired) electrons. The zero-order valence-electron chi connectivity index (χ0n) is 9.64. The molecule has 0 atom stereocenters. The number of aromatic carboxylic acids is 1. The molecule has 0 saturated carbocycles. The third kappa shape index (κ3) is 2.38. The van der Waals surface area contributed by atoms with Crippen LogP contribution in [-0.4, -0.2) is 16.2 Å². The number of carbonyl (C=O) groups is 1. The second kappa shape index (κ2) is 4.82. The van der Waals surface area contributed by atoms with Crippen LogP contribution in [-0.2, 0) is 0 Å². The molecule has 2 rings (SSSR count). The van der Waals surface area contributed by atoms with Crippen molar-refractivity contribution in [1.82, 2.24) is 0 Å². The van der Waals surface area contributed by atoms with Crippen LogP contribution in [0.4, 0.5) is 0 Å². The maximum atomic E-state index is 11.3.